The molecule has 6 nitrogen and oxygen atoms in total. The summed E-state index contributed by atoms with van der Waals surface area (Å²) in [6, 6.07) is 2.35. The fraction of sp³-hybridized carbons (Fsp3) is 0.615. The summed E-state index contributed by atoms with van der Waals surface area (Å²) in [6.45, 7) is 2.47. The number of aromatic nitrogens is 1. The van der Waals surface area contributed by atoms with E-state index < -0.39 is 25.2 Å². The molecule has 0 aromatic carbocycles. The lowest BCUT2D eigenvalue weighted by atomic mass is 9.96. The maximum Gasteiger partial charge on any atom is 0.400 e. The zero-order valence-electron chi connectivity index (χ0n) is 12.4. The molecule has 0 amide bonds. The second-order valence-electron chi connectivity index (χ2n) is 4.70. The minimum absolute atomic E-state index is 0.133. The number of pyridine rings is 1. The molecule has 9 heteroatoms. The Labute approximate surface area is 127 Å². The van der Waals surface area contributed by atoms with Crippen LogP contribution in [0, 0.1) is 5.92 Å². The molecule has 1 aromatic rings. The zero-order valence-corrected chi connectivity index (χ0v) is 13.2. The van der Waals surface area contributed by atoms with E-state index in [1.54, 1.807) is 12.1 Å². The lowest BCUT2D eigenvalue weighted by Crippen LogP contribution is -2.34. The third-order valence-electron chi connectivity index (χ3n) is 3.30. The van der Waals surface area contributed by atoms with Gasteiger partial charge in [-0.3, -0.25) is 9.55 Å². The molecular formula is C13H18F2N3O3P. The summed E-state index contributed by atoms with van der Waals surface area (Å²) in [5, 5.41) is 7.57. The first-order valence-corrected chi connectivity index (χ1v) is 8.54. The summed E-state index contributed by atoms with van der Waals surface area (Å²) in [5.74, 6) is -1.39. The van der Waals surface area contributed by atoms with Crippen molar-refractivity contribution in [2.24, 2.45) is 16.1 Å². The van der Waals surface area contributed by atoms with Crippen LogP contribution >= 0.6 is 7.60 Å². The second kappa shape index (κ2) is 6.89. The molecule has 2 rings (SSSR count). The van der Waals surface area contributed by atoms with E-state index in [4.69, 9.17) is 9.05 Å². The van der Waals surface area contributed by atoms with Gasteiger partial charge >= 0.3 is 13.3 Å². The Morgan fingerprint density at radius 1 is 1.36 bits per heavy atom. The van der Waals surface area contributed by atoms with Gasteiger partial charge in [0.2, 0.25) is 0 Å². The SMILES string of the molecule is CCOP(=O)(OCC)C(F)(F)[C@@H]1CN=N[C@H]1c1cccnc1. The molecular weight excluding hydrogens is 315 g/mol. The van der Waals surface area contributed by atoms with E-state index in [2.05, 4.69) is 15.2 Å². The smallest absolute Gasteiger partial charge is 0.305 e. The van der Waals surface area contributed by atoms with Gasteiger partial charge in [0.1, 0.15) is 6.04 Å². The maximum absolute atomic E-state index is 14.8. The highest BCUT2D eigenvalue weighted by Gasteiger charge is 2.62. The quantitative estimate of drug-likeness (QED) is 0.705. The Morgan fingerprint density at radius 3 is 2.59 bits per heavy atom. The number of halogens is 2. The summed E-state index contributed by atoms with van der Waals surface area (Å²) < 4.78 is 51.8. The van der Waals surface area contributed by atoms with E-state index in [1.807, 2.05) is 0 Å². The standard InChI is InChI=1S/C13H18F2N3O3P/c1-3-20-22(19,21-4-2)13(14,15)11-9-17-18-12(11)10-6-5-7-16-8-10/h5-8,11-12H,3-4,9H2,1-2H3/t11-,12+/m1/s1. The second-order valence-corrected chi connectivity index (χ2v) is 6.81. The molecule has 122 valence electrons. The lowest BCUT2D eigenvalue weighted by molar-refractivity contribution is -0.0128. The first-order chi connectivity index (χ1) is 10.5. The summed E-state index contributed by atoms with van der Waals surface area (Å²) in [6.07, 6.45) is 2.98. The number of azo groups is 1. The van der Waals surface area contributed by atoms with Crippen LogP contribution in [0.4, 0.5) is 8.78 Å². The summed E-state index contributed by atoms with van der Waals surface area (Å²) in [5.41, 5.74) is -3.20. The van der Waals surface area contributed by atoms with E-state index in [1.165, 1.54) is 26.2 Å². The molecule has 1 aliphatic heterocycles. The van der Waals surface area contributed by atoms with Crippen LogP contribution in [-0.4, -0.2) is 30.4 Å². The van der Waals surface area contributed by atoms with Crippen molar-refractivity contribution in [2.75, 3.05) is 19.8 Å². The topological polar surface area (TPSA) is 73.1 Å². The highest BCUT2D eigenvalue weighted by Crippen LogP contribution is 2.67. The predicted molar refractivity (Wildman–Crippen MR) is 76.0 cm³/mol. The van der Waals surface area contributed by atoms with Crippen molar-refractivity contribution >= 4 is 7.60 Å². The van der Waals surface area contributed by atoms with E-state index in [0.717, 1.165) is 0 Å². The van der Waals surface area contributed by atoms with Crippen LogP contribution in [0.1, 0.15) is 25.5 Å². The Bertz CT molecular complexity index is 561. The highest BCUT2D eigenvalue weighted by atomic mass is 31.2. The summed E-state index contributed by atoms with van der Waals surface area (Å²) >= 11 is 0. The van der Waals surface area contributed by atoms with Crippen molar-refractivity contribution in [3.63, 3.8) is 0 Å². The molecule has 0 bridgehead atoms. The van der Waals surface area contributed by atoms with Gasteiger partial charge < -0.3 is 9.05 Å². The third-order valence-corrected chi connectivity index (χ3v) is 5.56. The van der Waals surface area contributed by atoms with Gasteiger partial charge in [0.25, 0.3) is 0 Å². The van der Waals surface area contributed by atoms with Crippen LogP contribution in [0.5, 0.6) is 0 Å². The molecule has 0 saturated carbocycles. The normalized spacial score (nSPS) is 22.2. The number of hydrogen-bond acceptors (Lipinski definition) is 6. The molecule has 0 unspecified atom stereocenters. The van der Waals surface area contributed by atoms with Gasteiger partial charge in [0.15, 0.2) is 0 Å². The summed E-state index contributed by atoms with van der Waals surface area (Å²) in [7, 11) is -4.60. The van der Waals surface area contributed by atoms with Gasteiger partial charge in [-0.1, -0.05) is 6.07 Å². The van der Waals surface area contributed by atoms with Crippen molar-refractivity contribution < 1.29 is 22.4 Å². The number of hydrogen-bond donors (Lipinski definition) is 0. The molecule has 0 spiro atoms. The van der Waals surface area contributed by atoms with Crippen LogP contribution in [0.2, 0.25) is 0 Å². The van der Waals surface area contributed by atoms with E-state index in [0.29, 0.717) is 5.56 Å². The highest BCUT2D eigenvalue weighted by molar-refractivity contribution is 7.55. The van der Waals surface area contributed by atoms with Crippen molar-refractivity contribution in [1.82, 2.24) is 4.98 Å². The molecule has 0 radical (unpaired) electrons. The average molecular weight is 333 g/mol. The number of rotatable bonds is 7. The van der Waals surface area contributed by atoms with Crippen LogP contribution in [-0.2, 0) is 13.6 Å². The average Bonchev–Trinajstić information content (AvgIpc) is 2.98. The predicted octanol–water partition coefficient (Wildman–Crippen LogP) is 4.06. The van der Waals surface area contributed by atoms with Gasteiger partial charge in [-0.15, -0.1) is 0 Å². The number of alkyl halides is 2. The Hall–Kier alpha value is -1.24. The molecule has 0 fully saturated rings. The zero-order chi connectivity index (χ0) is 16.2. The van der Waals surface area contributed by atoms with Crippen LogP contribution in [0.3, 0.4) is 0 Å². The molecule has 2 heterocycles. The van der Waals surface area contributed by atoms with E-state index >= 15 is 0 Å². The Kier molecular flexibility index (Phi) is 5.36. The maximum atomic E-state index is 14.8. The van der Waals surface area contributed by atoms with E-state index in [9.17, 15) is 13.3 Å². The summed E-state index contributed by atoms with van der Waals surface area (Å²) in [4.78, 5) is 3.90. The van der Waals surface area contributed by atoms with Gasteiger partial charge in [0.05, 0.1) is 25.7 Å². The van der Waals surface area contributed by atoms with Crippen molar-refractivity contribution in [1.29, 1.82) is 0 Å². The molecule has 22 heavy (non-hydrogen) atoms. The van der Waals surface area contributed by atoms with E-state index in [-0.39, 0.29) is 19.8 Å². The van der Waals surface area contributed by atoms with Crippen LogP contribution < -0.4 is 0 Å². The first kappa shape index (κ1) is 17.1. The largest absolute Gasteiger partial charge is 0.400 e. The van der Waals surface area contributed by atoms with Crippen LogP contribution in [0.15, 0.2) is 34.8 Å². The third kappa shape index (κ3) is 3.09. The minimum atomic E-state index is -4.60. The molecule has 0 saturated heterocycles. The fourth-order valence-corrected chi connectivity index (χ4v) is 4.03. The Balaban J connectivity index is 2.33. The van der Waals surface area contributed by atoms with Crippen molar-refractivity contribution in [2.45, 2.75) is 25.6 Å². The monoisotopic (exact) mass is 333 g/mol. The fourth-order valence-electron chi connectivity index (χ4n) is 2.31. The van der Waals surface area contributed by atoms with Gasteiger partial charge in [0, 0.05) is 12.4 Å². The molecule has 1 aromatic heterocycles. The van der Waals surface area contributed by atoms with Gasteiger partial charge in [-0.25, -0.2) is 0 Å². The lowest BCUT2D eigenvalue weighted by Gasteiger charge is -2.31. The molecule has 0 N–H and O–H groups in total. The van der Waals surface area contributed by atoms with Gasteiger partial charge in [-0.2, -0.15) is 19.0 Å². The molecule has 2 atom stereocenters. The van der Waals surface area contributed by atoms with Crippen molar-refractivity contribution in [3.8, 4) is 0 Å². The minimum Gasteiger partial charge on any atom is -0.305 e. The molecule has 0 aliphatic carbocycles. The van der Waals surface area contributed by atoms with Gasteiger partial charge in [-0.05, 0) is 25.5 Å². The van der Waals surface area contributed by atoms with Crippen LogP contribution in [0.25, 0.3) is 0 Å². The molecule has 1 aliphatic rings. The number of nitrogens with zero attached hydrogens (tertiary/aromatic N) is 3. The van der Waals surface area contributed by atoms with Crippen molar-refractivity contribution in [3.05, 3.63) is 30.1 Å². The first-order valence-electron chi connectivity index (χ1n) is 6.99. The Morgan fingerprint density at radius 2 is 2.05 bits per heavy atom.